The van der Waals surface area contributed by atoms with Crippen LogP contribution in [0.5, 0.6) is 5.75 Å². The fourth-order valence-corrected chi connectivity index (χ4v) is 4.89. The Kier molecular flexibility index (Phi) is 10.5. The highest BCUT2D eigenvalue weighted by molar-refractivity contribution is 7.09. The van der Waals surface area contributed by atoms with Crippen LogP contribution < -0.4 is 4.74 Å². The molecular weight excluding hydrogens is 529 g/mol. The maximum atomic E-state index is 13.6. The van der Waals surface area contributed by atoms with Gasteiger partial charge in [-0.25, -0.2) is 4.39 Å². The van der Waals surface area contributed by atoms with E-state index >= 15 is 0 Å². The predicted octanol–water partition coefficient (Wildman–Crippen LogP) is 4.31. The van der Waals surface area contributed by atoms with Crippen molar-refractivity contribution in [2.45, 2.75) is 13.1 Å². The summed E-state index contributed by atoms with van der Waals surface area (Å²) >= 11 is 7.50. The van der Waals surface area contributed by atoms with Gasteiger partial charge in [-0.2, -0.15) is 0 Å². The van der Waals surface area contributed by atoms with Crippen LogP contribution in [0.3, 0.4) is 0 Å². The van der Waals surface area contributed by atoms with Gasteiger partial charge in [0.25, 0.3) is 5.91 Å². The van der Waals surface area contributed by atoms with Crippen molar-refractivity contribution in [3.8, 4) is 5.75 Å². The van der Waals surface area contributed by atoms with Crippen molar-refractivity contribution in [1.29, 1.82) is 0 Å². The first-order chi connectivity index (χ1) is 18.5. The fourth-order valence-electron chi connectivity index (χ4n) is 4.04. The number of amides is 2. The summed E-state index contributed by atoms with van der Waals surface area (Å²) in [7, 11) is 0. The second-order valence-corrected chi connectivity index (χ2v) is 10.4. The summed E-state index contributed by atoms with van der Waals surface area (Å²) < 4.78 is 24.6. The number of halogens is 2. The van der Waals surface area contributed by atoms with Crippen LogP contribution in [0.15, 0.2) is 66.0 Å². The quantitative estimate of drug-likeness (QED) is 0.331. The molecule has 7 nitrogen and oxygen atoms in total. The van der Waals surface area contributed by atoms with Gasteiger partial charge < -0.3 is 19.3 Å². The zero-order valence-corrected chi connectivity index (χ0v) is 22.6. The van der Waals surface area contributed by atoms with Crippen LogP contribution >= 0.6 is 22.9 Å². The summed E-state index contributed by atoms with van der Waals surface area (Å²) in [5.74, 6) is -0.271. The molecule has 0 aliphatic carbocycles. The molecule has 1 aliphatic rings. The van der Waals surface area contributed by atoms with Crippen molar-refractivity contribution in [3.63, 3.8) is 0 Å². The van der Waals surface area contributed by atoms with E-state index < -0.39 is 0 Å². The molecule has 0 N–H and O–H groups in total. The van der Waals surface area contributed by atoms with E-state index in [1.54, 1.807) is 57.5 Å². The molecule has 2 aromatic carbocycles. The SMILES string of the molecule is O=C(COc1ccc(Cl)cc1)N(CCN1CCOCC1)CC(=O)N(Cc1ccc(F)cc1)Cc1cccs1. The summed E-state index contributed by atoms with van der Waals surface area (Å²) in [4.78, 5) is 33.3. The lowest BCUT2D eigenvalue weighted by molar-refractivity contribution is -0.142. The molecule has 38 heavy (non-hydrogen) atoms. The highest BCUT2D eigenvalue weighted by atomic mass is 35.5. The summed E-state index contributed by atoms with van der Waals surface area (Å²) in [5.41, 5.74) is 0.813. The highest BCUT2D eigenvalue weighted by Gasteiger charge is 2.24. The summed E-state index contributed by atoms with van der Waals surface area (Å²) in [6.07, 6.45) is 0. The van der Waals surface area contributed by atoms with Gasteiger partial charge in [0.15, 0.2) is 6.61 Å². The van der Waals surface area contributed by atoms with Crippen LogP contribution in [0.1, 0.15) is 10.4 Å². The standard InChI is InChI=1S/C28H31ClFN3O4S/c29-23-5-9-25(10-6-23)37-21-28(35)32(12-11-31-13-15-36-16-14-31)20-27(34)33(19-26-2-1-17-38-26)18-22-3-7-24(30)8-4-22/h1-10,17H,11-16,18-21H2. The molecule has 0 atom stereocenters. The summed E-state index contributed by atoms with van der Waals surface area (Å²) in [6.45, 7) is 4.32. The third-order valence-electron chi connectivity index (χ3n) is 6.21. The second kappa shape index (κ2) is 14.2. The van der Waals surface area contributed by atoms with E-state index in [-0.39, 0.29) is 30.8 Å². The number of hydrogen-bond acceptors (Lipinski definition) is 6. The van der Waals surface area contributed by atoms with E-state index in [1.165, 1.54) is 12.1 Å². The Morgan fingerprint density at radius 3 is 2.39 bits per heavy atom. The minimum absolute atomic E-state index is 0.0836. The molecule has 1 saturated heterocycles. The average molecular weight is 560 g/mol. The minimum atomic E-state index is -0.328. The average Bonchev–Trinajstić information content (AvgIpc) is 3.45. The van der Waals surface area contributed by atoms with Gasteiger partial charge in [0.2, 0.25) is 5.91 Å². The van der Waals surface area contributed by atoms with E-state index in [0.29, 0.717) is 50.2 Å². The van der Waals surface area contributed by atoms with Crippen LogP contribution in [0.2, 0.25) is 5.02 Å². The lowest BCUT2D eigenvalue weighted by Crippen LogP contribution is -2.48. The number of nitrogens with zero attached hydrogens (tertiary/aromatic N) is 3. The number of rotatable bonds is 12. The van der Waals surface area contributed by atoms with Crippen molar-refractivity contribution < 1.29 is 23.5 Å². The lowest BCUT2D eigenvalue weighted by atomic mass is 10.2. The fraction of sp³-hybridized carbons (Fsp3) is 0.357. The molecule has 4 rings (SSSR count). The van der Waals surface area contributed by atoms with Crippen molar-refractivity contribution >= 4 is 34.8 Å². The molecule has 2 amide bonds. The number of ether oxygens (including phenoxy) is 2. The van der Waals surface area contributed by atoms with Crippen LogP contribution in [-0.4, -0.2) is 79.1 Å². The Hall–Kier alpha value is -2.98. The molecule has 1 fully saturated rings. The summed E-state index contributed by atoms with van der Waals surface area (Å²) in [6, 6.07) is 16.8. The van der Waals surface area contributed by atoms with Gasteiger partial charge in [-0.1, -0.05) is 29.8 Å². The highest BCUT2D eigenvalue weighted by Crippen LogP contribution is 2.17. The Balaban J connectivity index is 1.45. The number of benzene rings is 2. The zero-order valence-electron chi connectivity index (χ0n) is 21.1. The molecule has 1 aliphatic heterocycles. The largest absolute Gasteiger partial charge is 0.484 e. The van der Waals surface area contributed by atoms with Crippen molar-refractivity contribution in [1.82, 2.24) is 14.7 Å². The number of thiophene rings is 1. The Morgan fingerprint density at radius 2 is 1.71 bits per heavy atom. The molecule has 1 aromatic heterocycles. The molecule has 2 heterocycles. The molecule has 0 radical (unpaired) electrons. The molecule has 0 saturated carbocycles. The molecule has 0 spiro atoms. The number of hydrogen-bond donors (Lipinski definition) is 0. The minimum Gasteiger partial charge on any atom is -0.484 e. The summed E-state index contributed by atoms with van der Waals surface area (Å²) in [5, 5.41) is 2.54. The van der Waals surface area contributed by atoms with Gasteiger partial charge in [-0.05, 0) is 53.4 Å². The number of carbonyl (C=O) groups excluding carboxylic acids is 2. The van der Waals surface area contributed by atoms with Gasteiger partial charge in [0.05, 0.1) is 26.3 Å². The van der Waals surface area contributed by atoms with Crippen LogP contribution in [0.4, 0.5) is 4.39 Å². The topological polar surface area (TPSA) is 62.3 Å². The first kappa shape index (κ1) is 28.0. The van der Waals surface area contributed by atoms with Gasteiger partial charge in [-0.3, -0.25) is 14.5 Å². The van der Waals surface area contributed by atoms with Gasteiger partial charge >= 0.3 is 0 Å². The monoisotopic (exact) mass is 559 g/mol. The third-order valence-corrected chi connectivity index (χ3v) is 7.32. The molecule has 10 heteroatoms. The first-order valence-electron chi connectivity index (χ1n) is 12.5. The van der Waals surface area contributed by atoms with E-state index in [4.69, 9.17) is 21.1 Å². The second-order valence-electron chi connectivity index (χ2n) is 8.97. The van der Waals surface area contributed by atoms with Crippen molar-refractivity contribution in [2.75, 3.05) is 52.5 Å². The molecule has 3 aromatic rings. The molecule has 0 unspecified atom stereocenters. The predicted molar refractivity (Wildman–Crippen MR) is 146 cm³/mol. The molecule has 0 bridgehead atoms. The van der Waals surface area contributed by atoms with Gasteiger partial charge in [-0.15, -0.1) is 11.3 Å². The van der Waals surface area contributed by atoms with Crippen LogP contribution in [0.25, 0.3) is 0 Å². The zero-order chi connectivity index (χ0) is 26.7. The van der Waals surface area contributed by atoms with E-state index in [2.05, 4.69) is 4.90 Å². The Labute approximate surface area is 231 Å². The Bertz CT molecular complexity index is 1160. The van der Waals surface area contributed by atoms with Crippen molar-refractivity contribution in [2.24, 2.45) is 0 Å². The third kappa shape index (κ3) is 8.80. The Morgan fingerprint density at radius 1 is 0.974 bits per heavy atom. The maximum Gasteiger partial charge on any atom is 0.261 e. The lowest BCUT2D eigenvalue weighted by Gasteiger charge is -2.31. The maximum absolute atomic E-state index is 13.6. The van der Waals surface area contributed by atoms with Crippen LogP contribution in [-0.2, 0) is 27.4 Å². The van der Waals surface area contributed by atoms with Crippen LogP contribution in [0, 0.1) is 5.82 Å². The number of carbonyl (C=O) groups is 2. The number of morpholine rings is 1. The van der Waals surface area contributed by atoms with E-state index in [0.717, 1.165) is 23.5 Å². The smallest absolute Gasteiger partial charge is 0.261 e. The van der Waals surface area contributed by atoms with Gasteiger partial charge in [0.1, 0.15) is 11.6 Å². The van der Waals surface area contributed by atoms with Crippen molar-refractivity contribution in [3.05, 3.63) is 87.3 Å². The first-order valence-corrected chi connectivity index (χ1v) is 13.7. The van der Waals surface area contributed by atoms with Gasteiger partial charge in [0, 0.05) is 42.6 Å². The molecular formula is C28H31ClFN3O4S. The molecule has 202 valence electrons. The van der Waals surface area contributed by atoms with E-state index in [9.17, 15) is 14.0 Å². The normalized spacial score (nSPS) is 13.7. The van der Waals surface area contributed by atoms with E-state index in [1.807, 2.05) is 17.5 Å².